The van der Waals surface area contributed by atoms with Gasteiger partial charge in [0.25, 0.3) is 10.0 Å². The van der Waals surface area contributed by atoms with Crippen molar-refractivity contribution in [1.29, 1.82) is 0 Å². The monoisotopic (exact) mass is 464 g/mol. The molecule has 1 atom stereocenters. The normalized spacial score (nSPS) is 17.6. The van der Waals surface area contributed by atoms with Crippen LogP contribution in [0.2, 0.25) is 0 Å². The number of thiophene rings is 1. The van der Waals surface area contributed by atoms with E-state index in [2.05, 4.69) is 20.8 Å². The maximum absolute atomic E-state index is 14.2. The summed E-state index contributed by atoms with van der Waals surface area (Å²) in [5.74, 6) is -0.949. The molecule has 12 heteroatoms. The van der Waals surface area contributed by atoms with Gasteiger partial charge in [0.05, 0.1) is 5.92 Å². The molecule has 3 heterocycles. The quantitative estimate of drug-likeness (QED) is 0.621. The molecule has 1 aliphatic rings. The number of nitrogens with zero attached hydrogens (tertiary/aromatic N) is 5. The molecule has 1 amide bonds. The van der Waals surface area contributed by atoms with Crippen LogP contribution in [0.4, 0.5) is 10.1 Å². The highest BCUT2D eigenvalue weighted by atomic mass is 32.2. The Morgan fingerprint density at radius 1 is 1.26 bits per heavy atom. The third kappa shape index (κ3) is 4.36. The van der Waals surface area contributed by atoms with E-state index in [-0.39, 0.29) is 22.3 Å². The minimum Gasteiger partial charge on any atom is -0.326 e. The topological polar surface area (TPSA) is 110 Å². The highest BCUT2D eigenvalue weighted by Gasteiger charge is 2.34. The van der Waals surface area contributed by atoms with Gasteiger partial charge in [-0.05, 0) is 67.4 Å². The van der Waals surface area contributed by atoms with Gasteiger partial charge in [0, 0.05) is 23.7 Å². The molecule has 31 heavy (non-hydrogen) atoms. The number of amides is 1. The second-order valence-electron chi connectivity index (χ2n) is 7.36. The molecule has 4 rings (SSSR count). The van der Waals surface area contributed by atoms with Crippen molar-refractivity contribution in [2.24, 2.45) is 5.92 Å². The van der Waals surface area contributed by atoms with E-state index >= 15 is 0 Å². The SMILES string of the molecule is Cc1ccc(S(=O)(=O)N2CCCC(C(=O)Nc3ccc(F)c(-n4nnnc4C)c3)C2)s1. The van der Waals surface area contributed by atoms with Crippen LogP contribution in [0.3, 0.4) is 0 Å². The first-order chi connectivity index (χ1) is 14.8. The molecule has 1 saturated heterocycles. The summed E-state index contributed by atoms with van der Waals surface area (Å²) in [4.78, 5) is 13.8. The Balaban J connectivity index is 1.50. The van der Waals surface area contributed by atoms with Crippen LogP contribution in [0.25, 0.3) is 5.69 Å². The molecule has 1 aliphatic heterocycles. The molecular weight excluding hydrogens is 443 g/mol. The second-order valence-corrected chi connectivity index (χ2v) is 10.8. The number of hydrogen-bond acceptors (Lipinski definition) is 7. The summed E-state index contributed by atoms with van der Waals surface area (Å²) in [6.07, 6.45) is 1.15. The lowest BCUT2D eigenvalue weighted by atomic mass is 9.98. The van der Waals surface area contributed by atoms with Crippen molar-refractivity contribution in [2.45, 2.75) is 30.9 Å². The lowest BCUT2D eigenvalue weighted by molar-refractivity contribution is -0.120. The van der Waals surface area contributed by atoms with E-state index in [1.807, 2.05) is 6.92 Å². The van der Waals surface area contributed by atoms with Gasteiger partial charge in [0.1, 0.15) is 15.7 Å². The van der Waals surface area contributed by atoms with E-state index in [1.54, 1.807) is 19.1 Å². The number of sulfonamides is 1. The van der Waals surface area contributed by atoms with Crippen molar-refractivity contribution in [3.05, 3.63) is 46.9 Å². The molecule has 3 aromatic rings. The minimum absolute atomic E-state index is 0.102. The Bertz CT molecular complexity index is 1220. The fraction of sp³-hybridized carbons (Fsp3) is 0.368. The van der Waals surface area contributed by atoms with E-state index < -0.39 is 21.8 Å². The number of halogens is 1. The van der Waals surface area contributed by atoms with Crippen LogP contribution < -0.4 is 5.32 Å². The molecular formula is C19H21FN6O3S2. The highest BCUT2D eigenvalue weighted by Crippen LogP contribution is 2.29. The van der Waals surface area contributed by atoms with Crippen LogP contribution in [0.15, 0.2) is 34.5 Å². The Kier molecular flexibility index (Phi) is 5.86. The smallest absolute Gasteiger partial charge is 0.252 e. The van der Waals surface area contributed by atoms with Gasteiger partial charge in [0.15, 0.2) is 5.82 Å². The molecule has 9 nitrogen and oxygen atoms in total. The zero-order valence-corrected chi connectivity index (χ0v) is 18.6. The number of anilines is 1. The first kappa shape index (κ1) is 21.5. The molecule has 1 fully saturated rings. The first-order valence-corrected chi connectivity index (χ1v) is 11.9. The molecule has 0 saturated carbocycles. The Hall–Kier alpha value is -2.70. The van der Waals surface area contributed by atoms with Crippen molar-refractivity contribution >= 4 is 33.0 Å². The molecule has 0 bridgehead atoms. The third-order valence-corrected chi connectivity index (χ3v) is 8.47. The number of carbonyl (C=O) groups excluding carboxylic acids is 1. The van der Waals surface area contributed by atoms with Crippen molar-refractivity contribution in [2.75, 3.05) is 18.4 Å². The van der Waals surface area contributed by atoms with Gasteiger partial charge in [0.2, 0.25) is 5.91 Å². The first-order valence-electron chi connectivity index (χ1n) is 9.68. The number of hydrogen-bond donors (Lipinski definition) is 1. The van der Waals surface area contributed by atoms with Crippen LogP contribution in [-0.2, 0) is 14.8 Å². The number of piperidine rings is 1. The predicted octanol–water partition coefficient (Wildman–Crippen LogP) is 2.52. The van der Waals surface area contributed by atoms with Gasteiger partial charge >= 0.3 is 0 Å². The summed E-state index contributed by atoms with van der Waals surface area (Å²) in [5, 5.41) is 13.8. The number of carbonyl (C=O) groups is 1. The average molecular weight is 465 g/mol. The number of aryl methyl sites for hydroxylation is 2. The van der Waals surface area contributed by atoms with E-state index in [0.29, 0.717) is 30.9 Å². The number of tetrazole rings is 1. The highest BCUT2D eigenvalue weighted by molar-refractivity contribution is 7.91. The van der Waals surface area contributed by atoms with Crippen molar-refractivity contribution in [3.8, 4) is 5.69 Å². The maximum atomic E-state index is 14.2. The Labute approximate surface area is 182 Å². The van der Waals surface area contributed by atoms with Crippen molar-refractivity contribution < 1.29 is 17.6 Å². The number of nitrogens with one attached hydrogen (secondary N) is 1. The fourth-order valence-corrected chi connectivity index (χ4v) is 6.47. The Morgan fingerprint density at radius 2 is 2.06 bits per heavy atom. The van der Waals surface area contributed by atoms with Gasteiger partial charge in [-0.1, -0.05) is 0 Å². The summed E-state index contributed by atoms with van der Waals surface area (Å²) in [7, 11) is -3.63. The molecule has 0 spiro atoms. The van der Waals surface area contributed by atoms with Crippen LogP contribution >= 0.6 is 11.3 Å². The Morgan fingerprint density at radius 3 is 2.74 bits per heavy atom. The van der Waals surface area contributed by atoms with Gasteiger partial charge in [-0.2, -0.15) is 8.99 Å². The van der Waals surface area contributed by atoms with Crippen molar-refractivity contribution in [3.63, 3.8) is 0 Å². The van der Waals surface area contributed by atoms with Gasteiger partial charge in [-0.25, -0.2) is 12.8 Å². The van der Waals surface area contributed by atoms with Crippen LogP contribution in [0.5, 0.6) is 0 Å². The van der Waals surface area contributed by atoms with Gasteiger partial charge in [-0.3, -0.25) is 4.79 Å². The summed E-state index contributed by atoms with van der Waals surface area (Å²) in [5.41, 5.74) is 0.492. The summed E-state index contributed by atoms with van der Waals surface area (Å²) in [6.45, 7) is 3.97. The van der Waals surface area contributed by atoms with Gasteiger partial charge in [-0.15, -0.1) is 16.4 Å². The number of rotatable bonds is 5. The largest absolute Gasteiger partial charge is 0.326 e. The molecule has 0 radical (unpaired) electrons. The molecule has 0 aliphatic carbocycles. The van der Waals surface area contributed by atoms with E-state index in [9.17, 15) is 17.6 Å². The standard InChI is InChI=1S/C19H21FN6O3S2/c1-12-5-8-18(30-12)31(28,29)25-9-3-4-14(11-25)19(27)21-15-6-7-16(20)17(10-15)26-13(2)22-23-24-26/h5-8,10,14H,3-4,9,11H2,1-2H3,(H,21,27). The number of aromatic nitrogens is 4. The van der Waals surface area contributed by atoms with E-state index in [1.165, 1.54) is 38.5 Å². The summed E-state index contributed by atoms with van der Waals surface area (Å²) < 4.78 is 43.0. The van der Waals surface area contributed by atoms with Crippen molar-refractivity contribution in [1.82, 2.24) is 24.5 Å². The zero-order chi connectivity index (χ0) is 22.2. The fourth-order valence-electron chi connectivity index (χ4n) is 3.50. The minimum atomic E-state index is -3.63. The van der Waals surface area contributed by atoms with E-state index in [4.69, 9.17) is 0 Å². The third-order valence-electron chi connectivity index (χ3n) is 5.13. The van der Waals surface area contributed by atoms with Gasteiger partial charge < -0.3 is 5.32 Å². The van der Waals surface area contributed by atoms with Crippen LogP contribution in [0.1, 0.15) is 23.5 Å². The zero-order valence-electron chi connectivity index (χ0n) is 16.9. The number of benzene rings is 1. The lowest BCUT2D eigenvalue weighted by Gasteiger charge is -2.30. The summed E-state index contributed by atoms with van der Waals surface area (Å²) >= 11 is 1.22. The lowest BCUT2D eigenvalue weighted by Crippen LogP contribution is -2.43. The average Bonchev–Trinajstić information content (AvgIpc) is 3.38. The maximum Gasteiger partial charge on any atom is 0.252 e. The molecule has 2 aromatic heterocycles. The van der Waals surface area contributed by atoms with Crippen LogP contribution in [0, 0.1) is 25.6 Å². The molecule has 1 unspecified atom stereocenters. The summed E-state index contributed by atoms with van der Waals surface area (Å²) in [6, 6.07) is 7.48. The molecule has 1 N–H and O–H groups in total. The predicted molar refractivity (Wildman–Crippen MR) is 113 cm³/mol. The second kappa shape index (κ2) is 8.44. The molecule has 164 valence electrons. The van der Waals surface area contributed by atoms with Crippen LogP contribution in [-0.4, -0.2) is 51.9 Å². The van der Waals surface area contributed by atoms with E-state index in [0.717, 1.165) is 4.88 Å². The molecule has 1 aromatic carbocycles.